The van der Waals surface area contributed by atoms with Gasteiger partial charge in [-0.3, -0.25) is 0 Å². The lowest BCUT2D eigenvalue weighted by atomic mass is 10.1. The molecule has 0 aliphatic heterocycles. The Balaban J connectivity index is 0.000000487. The molecule has 0 saturated heterocycles. The molecule has 0 atom stereocenters. The normalized spacial score (nSPS) is 11.3. The second-order valence-corrected chi connectivity index (χ2v) is 16.3. The highest BCUT2D eigenvalue weighted by Crippen LogP contribution is 2.18. The highest BCUT2D eigenvalue weighted by atomic mass is 35.7. The van der Waals surface area contributed by atoms with E-state index in [9.17, 15) is 0 Å². The average molecular weight is 997 g/mol. The largest absolute Gasteiger partial charge is 0.222 e. The van der Waals surface area contributed by atoms with Crippen molar-refractivity contribution >= 4 is 0 Å². The van der Waals surface area contributed by atoms with Gasteiger partial charge in [0, 0.05) is 70.8 Å². The first kappa shape index (κ1) is 55.1. The zero-order chi connectivity index (χ0) is 49.0. The summed E-state index contributed by atoms with van der Waals surface area (Å²) in [6.07, 6.45) is 17.4. The number of halogens is 4. The van der Waals surface area contributed by atoms with Crippen LogP contribution in [0.15, 0.2) is 183 Å². The summed E-state index contributed by atoms with van der Waals surface area (Å²) < 4.78 is 145. The SMILES string of the molecule is [O-][Cl+3]([O-])([O-])[O-].[O-][Cl+3]([O-])([O-])[O-].[O-][Cl+3]([O-])([O-])[O-].[O-][Cl+3]([O-])([O-])[O-].c1ccc(C[n+]2ccc(-c3cc[n+](Cc4ccccc4C[n+]4ccc(-c5cc[n+](Cc6ccccc6)cc5)cc4)cc3)cc2)cc1. The van der Waals surface area contributed by atoms with E-state index >= 15 is 0 Å². The topological polar surface area (TPSA) is 384 Å². The number of benzene rings is 3. The lowest BCUT2D eigenvalue weighted by Crippen LogP contribution is -2.68. The first-order valence-electron chi connectivity index (χ1n) is 18.3. The van der Waals surface area contributed by atoms with Crippen molar-refractivity contribution in [3.05, 3.63) is 205 Å². The van der Waals surface area contributed by atoms with Gasteiger partial charge in [0.25, 0.3) is 0 Å². The molecule has 7 aromatic rings. The second-order valence-electron chi connectivity index (χ2n) is 13.3. The Bertz CT molecular complexity index is 2220. The Kier molecular flexibility index (Phi) is 21.9. The molecule has 0 saturated carbocycles. The fourth-order valence-corrected chi connectivity index (χ4v) is 5.87. The van der Waals surface area contributed by atoms with Crippen LogP contribution in [0.4, 0.5) is 0 Å². The molecule has 4 aromatic heterocycles. The molecule has 7 rings (SSSR count). The monoisotopic (exact) mass is 994 g/mol. The van der Waals surface area contributed by atoms with Gasteiger partial charge in [-0.25, -0.2) is 92.8 Å². The van der Waals surface area contributed by atoms with Crippen LogP contribution in [0.2, 0.25) is 0 Å². The first-order chi connectivity index (χ1) is 30.7. The maximum Gasteiger partial charge on any atom is 0.174 e. The molecule has 0 fully saturated rings. The molecule has 0 amide bonds. The minimum absolute atomic E-state index is 0.827. The van der Waals surface area contributed by atoms with E-state index in [1.807, 2.05) is 0 Å². The summed E-state index contributed by atoms with van der Waals surface area (Å²) in [5, 5.41) is 0. The Labute approximate surface area is 386 Å². The lowest BCUT2D eigenvalue weighted by Gasteiger charge is -2.17. The second kappa shape index (κ2) is 26.2. The fourth-order valence-electron chi connectivity index (χ4n) is 5.87. The lowest BCUT2D eigenvalue weighted by molar-refractivity contribution is -2.00. The quantitative estimate of drug-likeness (QED) is 0.115. The van der Waals surface area contributed by atoms with E-state index in [4.69, 9.17) is 74.5 Å². The molecular formula is C42H38Cl4N4O16. The minimum atomic E-state index is -4.94. The third-order valence-corrected chi connectivity index (χ3v) is 8.47. The van der Waals surface area contributed by atoms with Gasteiger partial charge in [-0.15, -0.1) is 41.0 Å². The number of hydrogen-bond acceptors (Lipinski definition) is 16. The Morgan fingerprint density at radius 1 is 0.242 bits per heavy atom. The molecule has 0 aliphatic carbocycles. The summed E-state index contributed by atoms with van der Waals surface area (Å²) in [5.74, 6) is 0. The van der Waals surface area contributed by atoms with Crippen molar-refractivity contribution in [3.8, 4) is 22.3 Å². The van der Waals surface area contributed by atoms with Crippen LogP contribution in [0.1, 0.15) is 22.3 Å². The zero-order valence-electron chi connectivity index (χ0n) is 34.0. The molecule has 0 unspecified atom stereocenters. The van der Waals surface area contributed by atoms with Gasteiger partial charge in [0.15, 0.2) is 75.8 Å². The highest BCUT2D eigenvalue weighted by Gasteiger charge is 2.14. The Hall–Kier alpha value is -5.22. The number of hydrogen-bond donors (Lipinski definition) is 0. The summed E-state index contributed by atoms with van der Waals surface area (Å²) in [7, 11) is -19.8. The molecule has 0 radical (unpaired) electrons. The van der Waals surface area contributed by atoms with Crippen molar-refractivity contribution in [1.82, 2.24) is 0 Å². The summed E-state index contributed by atoms with van der Waals surface area (Å²) >= 11 is 0. The van der Waals surface area contributed by atoms with E-state index in [1.165, 1.54) is 44.5 Å². The van der Waals surface area contributed by atoms with Crippen molar-refractivity contribution in [3.63, 3.8) is 0 Å². The molecular weight excluding hydrogens is 958 g/mol. The van der Waals surface area contributed by atoms with Crippen LogP contribution in [0.3, 0.4) is 0 Å². The molecule has 0 N–H and O–H groups in total. The van der Waals surface area contributed by atoms with E-state index in [0.29, 0.717) is 0 Å². The van der Waals surface area contributed by atoms with Crippen LogP contribution in [0.25, 0.3) is 22.3 Å². The molecule has 0 spiro atoms. The van der Waals surface area contributed by atoms with Gasteiger partial charge in [0.2, 0.25) is 0 Å². The van der Waals surface area contributed by atoms with E-state index in [-0.39, 0.29) is 0 Å². The summed E-state index contributed by atoms with van der Waals surface area (Å²) in [4.78, 5) is 0. The predicted molar refractivity (Wildman–Crippen MR) is 180 cm³/mol. The molecule has 24 heteroatoms. The molecule has 0 bridgehead atoms. The number of rotatable bonds is 10. The highest BCUT2D eigenvalue weighted by molar-refractivity contribution is 5.61. The van der Waals surface area contributed by atoms with E-state index in [2.05, 4.69) is 201 Å². The number of aromatic nitrogens is 4. The van der Waals surface area contributed by atoms with Gasteiger partial charge >= 0.3 is 0 Å². The van der Waals surface area contributed by atoms with Crippen molar-refractivity contribution < 1.29 is 134 Å². The third-order valence-electron chi connectivity index (χ3n) is 8.47. The van der Waals surface area contributed by atoms with Gasteiger partial charge < -0.3 is 0 Å². The maximum atomic E-state index is 8.49. The average Bonchev–Trinajstić information content (AvgIpc) is 3.21. The predicted octanol–water partition coefficient (Wildman–Crippen LogP) is -12.7. The molecule has 66 heavy (non-hydrogen) atoms. The number of nitrogens with zero attached hydrogens (tertiary/aromatic N) is 4. The van der Waals surface area contributed by atoms with E-state index in [0.717, 1.165) is 26.2 Å². The molecule has 20 nitrogen and oxygen atoms in total. The van der Waals surface area contributed by atoms with Crippen LogP contribution in [0, 0.1) is 41.0 Å². The van der Waals surface area contributed by atoms with Gasteiger partial charge in [-0.2, -0.15) is 0 Å². The molecule has 4 heterocycles. The van der Waals surface area contributed by atoms with Crippen molar-refractivity contribution in [1.29, 1.82) is 0 Å². The smallest absolute Gasteiger partial charge is 0.174 e. The van der Waals surface area contributed by atoms with Crippen LogP contribution in [-0.2, 0) is 26.2 Å². The molecule has 3 aromatic carbocycles. The molecule has 350 valence electrons. The van der Waals surface area contributed by atoms with Crippen LogP contribution < -0.4 is 92.8 Å². The Morgan fingerprint density at radius 3 is 0.636 bits per heavy atom. The maximum absolute atomic E-state index is 8.49. The van der Waals surface area contributed by atoms with Gasteiger partial charge in [-0.05, 0) is 22.3 Å². The zero-order valence-corrected chi connectivity index (χ0v) is 37.0. The standard InChI is InChI=1S/C42H38N4.4ClHO4/c1-3-9-35(10-4-1)31-43-23-15-37(16-24-43)39-19-27-45(28-20-39)33-41-13-7-8-14-42(41)34-46-29-21-40(22-30-46)38-17-25-44(26-18-38)32-36-11-5-2-6-12-36;4*2-1(3,4)5/h1-30H,31-34H2;4*(H,2,3,4,5)/q+4;;;;/p-4. The minimum Gasteiger partial charge on any atom is -0.222 e. The van der Waals surface area contributed by atoms with Crippen molar-refractivity contribution in [2.75, 3.05) is 0 Å². The molecule has 0 aliphatic rings. The van der Waals surface area contributed by atoms with Crippen LogP contribution in [0.5, 0.6) is 0 Å². The Morgan fingerprint density at radius 2 is 0.424 bits per heavy atom. The summed E-state index contributed by atoms with van der Waals surface area (Å²) in [6.45, 7) is 3.41. The fraction of sp³-hybridized carbons (Fsp3) is 0.0952. The van der Waals surface area contributed by atoms with Crippen molar-refractivity contribution in [2.45, 2.75) is 26.2 Å². The van der Waals surface area contributed by atoms with E-state index < -0.39 is 41.0 Å². The first-order valence-corrected chi connectivity index (χ1v) is 23.3. The van der Waals surface area contributed by atoms with Gasteiger partial charge in [-0.1, -0.05) is 84.9 Å². The van der Waals surface area contributed by atoms with Gasteiger partial charge in [0.05, 0.1) is 0 Å². The summed E-state index contributed by atoms with van der Waals surface area (Å²) in [5.41, 5.74) is 10.1. The van der Waals surface area contributed by atoms with E-state index in [1.54, 1.807) is 0 Å². The summed E-state index contributed by atoms with van der Waals surface area (Å²) in [6, 6.07) is 47.5. The van der Waals surface area contributed by atoms with Crippen LogP contribution >= 0.6 is 0 Å². The number of pyridine rings is 4. The van der Waals surface area contributed by atoms with Crippen molar-refractivity contribution in [2.24, 2.45) is 0 Å². The third kappa shape index (κ3) is 26.7. The van der Waals surface area contributed by atoms with Gasteiger partial charge in [0.1, 0.15) is 0 Å². The van der Waals surface area contributed by atoms with Crippen LogP contribution in [-0.4, -0.2) is 0 Å².